The van der Waals surface area contributed by atoms with Gasteiger partial charge < -0.3 is 20.7 Å². The van der Waals surface area contributed by atoms with Crippen LogP contribution in [0.1, 0.15) is 31.5 Å². The quantitative estimate of drug-likeness (QED) is 0.869. The van der Waals surface area contributed by atoms with Gasteiger partial charge in [-0.2, -0.15) is 15.2 Å². The Labute approximate surface area is 135 Å². The third-order valence-electron chi connectivity index (χ3n) is 5.40. The Bertz CT molecular complexity index is 636. The highest BCUT2D eigenvalue weighted by molar-refractivity contribution is 5.76. The maximum Gasteiger partial charge on any atom is 0.236 e. The number of nitrogen functional groups attached to an aromatic ring is 1. The number of nitrogens with one attached hydrogen (secondary N) is 1. The fourth-order valence-corrected chi connectivity index (χ4v) is 4.23. The van der Waals surface area contributed by atoms with Gasteiger partial charge in [-0.1, -0.05) is 6.42 Å². The first kappa shape index (κ1) is 14.5. The van der Waals surface area contributed by atoms with Crippen molar-refractivity contribution in [1.29, 1.82) is 5.26 Å². The Hall–Kier alpha value is -2.07. The lowest BCUT2D eigenvalue weighted by Crippen LogP contribution is -2.37. The molecule has 3 atom stereocenters. The maximum atomic E-state index is 9.26. The summed E-state index contributed by atoms with van der Waals surface area (Å²) in [6.45, 7) is 2.78. The minimum atomic E-state index is 0.173. The molecule has 0 spiro atoms. The Morgan fingerprint density at radius 3 is 2.70 bits per heavy atom. The second-order valence-corrected chi connectivity index (χ2v) is 6.77. The van der Waals surface area contributed by atoms with E-state index >= 15 is 0 Å². The molecule has 0 amide bonds. The van der Waals surface area contributed by atoms with Crippen molar-refractivity contribution >= 4 is 17.3 Å². The second kappa shape index (κ2) is 5.85. The first-order valence-electron chi connectivity index (χ1n) is 8.41. The molecule has 1 aromatic heterocycles. The number of rotatable bonds is 3. The number of hydrogen-bond donors (Lipinski definition) is 2. The monoisotopic (exact) mass is 314 g/mol. The van der Waals surface area contributed by atoms with Gasteiger partial charge in [0.1, 0.15) is 11.8 Å². The summed E-state index contributed by atoms with van der Waals surface area (Å²) < 4.78 is 5.38. The average Bonchev–Trinajstić information content (AvgIpc) is 3.20. The van der Waals surface area contributed by atoms with E-state index in [1.165, 1.54) is 25.7 Å². The SMILES string of the molecule is N#Cc1nc(NC2CC3CCC2C3)c(N)c(N2CCOCC2)n1. The summed E-state index contributed by atoms with van der Waals surface area (Å²) in [7, 11) is 0. The molecule has 3 N–H and O–H groups in total. The van der Waals surface area contributed by atoms with E-state index in [1.54, 1.807) is 0 Å². The lowest BCUT2D eigenvalue weighted by molar-refractivity contribution is 0.122. The van der Waals surface area contributed by atoms with Crippen LogP contribution in [0.5, 0.6) is 0 Å². The normalized spacial score (nSPS) is 29.5. The predicted molar refractivity (Wildman–Crippen MR) is 87.1 cm³/mol. The summed E-state index contributed by atoms with van der Waals surface area (Å²) in [4.78, 5) is 10.7. The van der Waals surface area contributed by atoms with E-state index in [0.29, 0.717) is 42.5 Å². The molecule has 1 aromatic rings. The Morgan fingerprint density at radius 2 is 2.04 bits per heavy atom. The summed E-state index contributed by atoms with van der Waals surface area (Å²) in [6.07, 6.45) is 5.13. The van der Waals surface area contributed by atoms with Crippen LogP contribution in [0.15, 0.2) is 0 Å². The minimum Gasteiger partial charge on any atom is -0.393 e. The summed E-state index contributed by atoms with van der Waals surface area (Å²) in [6, 6.07) is 2.48. The van der Waals surface area contributed by atoms with E-state index in [1.807, 2.05) is 0 Å². The van der Waals surface area contributed by atoms with Crippen molar-refractivity contribution in [2.45, 2.75) is 31.7 Å². The van der Waals surface area contributed by atoms with Gasteiger partial charge >= 0.3 is 0 Å². The van der Waals surface area contributed by atoms with Crippen LogP contribution < -0.4 is 16.0 Å². The van der Waals surface area contributed by atoms with E-state index in [9.17, 15) is 5.26 Å². The fraction of sp³-hybridized carbons (Fsp3) is 0.688. The second-order valence-electron chi connectivity index (χ2n) is 6.77. The predicted octanol–water partition coefficient (Wildman–Crippen LogP) is 1.37. The zero-order chi connectivity index (χ0) is 15.8. The molecule has 3 unspecified atom stereocenters. The third kappa shape index (κ3) is 2.68. The average molecular weight is 314 g/mol. The number of nitriles is 1. The molecule has 7 nitrogen and oxygen atoms in total. The van der Waals surface area contributed by atoms with Crippen molar-refractivity contribution < 1.29 is 4.74 Å². The lowest BCUT2D eigenvalue weighted by Gasteiger charge is -2.30. The topological polar surface area (TPSA) is 100 Å². The summed E-state index contributed by atoms with van der Waals surface area (Å²) >= 11 is 0. The van der Waals surface area contributed by atoms with Crippen LogP contribution in [0.2, 0.25) is 0 Å². The van der Waals surface area contributed by atoms with Crippen LogP contribution >= 0.6 is 0 Å². The van der Waals surface area contributed by atoms with E-state index in [2.05, 4.69) is 26.3 Å². The van der Waals surface area contributed by atoms with E-state index in [-0.39, 0.29) is 5.82 Å². The number of ether oxygens (including phenoxy) is 1. The van der Waals surface area contributed by atoms with Crippen LogP contribution in [0, 0.1) is 23.2 Å². The van der Waals surface area contributed by atoms with Crippen molar-refractivity contribution in [3.05, 3.63) is 5.82 Å². The number of nitrogens with zero attached hydrogens (tertiary/aromatic N) is 4. The van der Waals surface area contributed by atoms with Gasteiger partial charge in [-0.05, 0) is 31.1 Å². The van der Waals surface area contributed by atoms with Crippen molar-refractivity contribution in [2.75, 3.05) is 42.3 Å². The molecule has 2 saturated carbocycles. The fourth-order valence-electron chi connectivity index (χ4n) is 4.23. The van der Waals surface area contributed by atoms with Gasteiger partial charge in [0.2, 0.25) is 5.82 Å². The van der Waals surface area contributed by atoms with Crippen LogP contribution in [-0.2, 0) is 4.74 Å². The molecule has 3 aliphatic rings. The maximum absolute atomic E-state index is 9.26. The highest BCUT2D eigenvalue weighted by atomic mass is 16.5. The molecule has 3 fully saturated rings. The van der Waals surface area contributed by atoms with E-state index in [4.69, 9.17) is 10.5 Å². The molecular weight excluding hydrogens is 292 g/mol. The molecule has 122 valence electrons. The van der Waals surface area contributed by atoms with Gasteiger partial charge in [-0.3, -0.25) is 0 Å². The van der Waals surface area contributed by atoms with Crippen molar-refractivity contribution in [1.82, 2.24) is 9.97 Å². The first-order valence-corrected chi connectivity index (χ1v) is 8.41. The summed E-state index contributed by atoms with van der Waals surface area (Å²) in [5.74, 6) is 3.01. The molecule has 0 aromatic carbocycles. The highest BCUT2D eigenvalue weighted by Crippen LogP contribution is 2.46. The van der Waals surface area contributed by atoms with Gasteiger partial charge in [0.15, 0.2) is 11.6 Å². The molecule has 4 rings (SSSR count). The number of nitrogens with two attached hydrogens (primary N) is 1. The molecular formula is C16H22N6O. The molecule has 2 bridgehead atoms. The van der Waals surface area contributed by atoms with Gasteiger partial charge in [-0.25, -0.2) is 0 Å². The Kier molecular flexibility index (Phi) is 3.69. The van der Waals surface area contributed by atoms with E-state index < -0.39 is 0 Å². The zero-order valence-electron chi connectivity index (χ0n) is 13.2. The van der Waals surface area contributed by atoms with Crippen LogP contribution in [-0.4, -0.2) is 42.3 Å². The molecule has 2 aliphatic carbocycles. The number of anilines is 3. The van der Waals surface area contributed by atoms with E-state index in [0.717, 1.165) is 19.0 Å². The van der Waals surface area contributed by atoms with Gasteiger partial charge in [-0.15, -0.1) is 0 Å². The number of hydrogen-bond acceptors (Lipinski definition) is 7. The first-order chi connectivity index (χ1) is 11.2. The molecule has 1 saturated heterocycles. The van der Waals surface area contributed by atoms with Crippen molar-refractivity contribution in [2.24, 2.45) is 11.8 Å². The summed E-state index contributed by atoms with van der Waals surface area (Å²) in [5.41, 5.74) is 6.88. The number of aromatic nitrogens is 2. The Balaban J connectivity index is 1.61. The van der Waals surface area contributed by atoms with Crippen molar-refractivity contribution in [3.63, 3.8) is 0 Å². The molecule has 0 radical (unpaired) electrons. The number of fused-ring (bicyclic) bond motifs is 2. The largest absolute Gasteiger partial charge is 0.393 e. The highest BCUT2D eigenvalue weighted by Gasteiger charge is 2.40. The van der Waals surface area contributed by atoms with Gasteiger partial charge in [0, 0.05) is 19.1 Å². The Morgan fingerprint density at radius 1 is 1.22 bits per heavy atom. The van der Waals surface area contributed by atoms with Gasteiger partial charge in [0.25, 0.3) is 0 Å². The third-order valence-corrected chi connectivity index (χ3v) is 5.40. The van der Waals surface area contributed by atoms with Crippen LogP contribution in [0.4, 0.5) is 17.3 Å². The van der Waals surface area contributed by atoms with Crippen LogP contribution in [0.3, 0.4) is 0 Å². The van der Waals surface area contributed by atoms with Gasteiger partial charge in [0.05, 0.1) is 13.2 Å². The smallest absolute Gasteiger partial charge is 0.236 e. The molecule has 7 heteroatoms. The minimum absolute atomic E-state index is 0.173. The summed E-state index contributed by atoms with van der Waals surface area (Å²) in [5, 5.41) is 12.8. The lowest BCUT2D eigenvalue weighted by atomic mass is 9.95. The van der Waals surface area contributed by atoms with Crippen molar-refractivity contribution in [3.8, 4) is 6.07 Å². The molecule has 23 heavy (non-hydrogen) atoms. The molecule has 1 aliphatic heterocycles. The number of morpholine rings is 1. The van der Waals surface area contributed by atoms with Crippen LogP contribution in [0.25, 0.3) is 0 Å². The molecule has 2 heterocycles. The standard InChI is InChI=1S/C16H22N6O/c17-9-13-20-15(19-12-8-10-1-2-11(12)7-10)14(18)16(21-13)22-3-5-23-6-4-22/h10-12H,1-8,18H2,(H,19,20,21). The zero-order valence-corrected chi connectivity index (χ0v) is 13.2.